The van der Waals surface area contributed by atoms with Gasteiger partial charge in [-0.3, -0.25) is 14.4 Å². The Balaban J connectivity index is 0.000000264. The number of nitrogens with zero attached hydrogens (tertiary/aromatic N) is 3. The van der Waals surface area contributed by atoms with E-state index < -0.39 is 35.6 Å². The van der Waals surface area contributed by atoms with Crippen LogP contribution in [-0.4, -0.2) is 107 Å². The minimum atomic E-state index is -1.18. The number of hydrogen-bond acceptors (Lipinski definition) is 12. The second-order valence-electron chi connectivity index (χ2n) is 13.6. The molecule has 0 unspecified atom stereocenters. The van der Waals surface area contributed by atoms with E-state index in [9.17, 15) is 28.8 Å². The standard InChI is InChI=1S/3C16H16N2O4.Eu/c3*1-3-17-15(19)13-8-11(9-14(18-13)16(20)21)10-4-6-12(22-2)7-5-10;/h3*4-9H,3H2,1-2H3,(H,17,19)(H,20,21);. The summed E-state index contributed by atoms with van der Waals surface area (Å²) in [6, 6.07) is 30.4. The summed E-state index contributed by atoms with van der Waals surface area (Å²) in [4.78, 5) is 81.0. The smallest absolute Gasteiger partial charge is 0.354 e. The van der Waals surface area contributed by atoms with Gasteiger partial charge in [-0.15, -0.1) is 0 Å². The van der Waals surface area contributed by atoms with Crippen molar-refractivity contribution < 1.29 is 108 Å². The number of aromatic nitrogens is 3. The molecule has 19 heteroatoms. The molecule has 3 heterocycles. The molecule has 3 aromatic heterocycles. The number of rotatable bonds is 15. The molecule has 3 amide bonds. The summed E-state index contributed by atoms with van der Waals surface area (Å²) >= 11 is 0. The first kappa shape index (κ1) is 54.2. The van der Waals surface area contributed by atoms with Crippen molar-refractivity contribution in [2.45, 2.75) is 20.8 Å². The SMILES string of the molecule is CCNC(=O)c1cc(-c2ccc(OC)cc2)cc(C(=O)O)n1.CCNC(=O)c1cc(-c2ccc(OC)cc2)cc(C(=O)O)n1.CCNC(=O)c1cc(-c2ccc(OC)cc2)cc(C(=O)O)n1.[Eu]. The van der Waals surface area contributed by atoms with Crippen LogP contribution >= 0.6 is 0 Å². The van der Waals surface area contributed by atoms with Crippen molar-refractivity contribution in [1.29, 1.82) is 0 Å². The van der Waals surface area contributed by atoms with Crippen LogP contribution in [0.4, 0.5) is 0 Å². The summed E-state index contributed by atoms with van der Waals surface area (Å²) in [5.41, 5.74) is 3.86. The summed E-state index contributed by atoms with van der Waals surface area (Å²) in [5.74, 6) is -2.66. The van der Waals surface area contributed by atoms with Gasteiger partial charge >= 0.3 is 17.9 Å². The quantitative estimate of drug-likeness (QED) is 0.0632. The number of carbonyl (C=O) groups is 6. The molecule has 18 nitrogen and oxygen atoms in total. The number of benzene rings is 3. The van der Waals surface area contributed by atoms with E-state index in [0.29, 0.717) is 53.6 Å². The summed E-state index contributed by atoms with van der Waals surface area (Å²) in [5, 5.41) is 35.3. The van der Waals surface area contributed by atoms with Gasteiger partial charge in [0, 0.05) is 69.0 Å². The molecule has 0 spiro atoms. The monoisotopic (exact) mass is 1050 g/mol. The second-order valence-corrected chi connectivity index (χ2v) is 13.6. The molecule has 0 aliphatic carbocycles. The van der Waals surface area contributed by atoms with Crippen LogP contribution in [0.1, 0.15) is 83.7 Å². The zero-order chi connectivity index (χ0) is 48.3. The molecule has 6 aromatic rings. The van der Waals surface area contributed by atoms with Crippen molar-refractivity contribution in [3.63, 3.8) is 0 Å². The molecule has 6 rings (SSSR count). The fourth-order valence-corrected chi connectivity index (χ4v) is 5.87. The molecule has 0 saturated carbocycles. The van der Waals surface area contributed by atoms with Gasteiger partial charge in [-0.05, 0) is 127 Å². The van der Waals surface area contributed by atoms with Gasteiger partial charge in [-0.2, -0.15) is 0 Å². The molecule has 67 heavy (non-hydrogen) atoms. The summed E-state index contributed by atoms with van der Waals surface area (Å²) in [6.45, 7) is 6.66. The molecule has 349 valence electrons. The van der Waals surface area contributed by atoms with E-state index in [2.05, 4.69) is 30.9 Å². The van der Waals surface area contributed by atoms with Crippen LogP contribution in [0, 0.1) is 49.4 Å². The average molecular weight is 1050 g/mol. The summed E-state index contributed by atoms with van der Waals surface area (Å²) < 4.78 is 15.3. The molecular weight excluding hydrogens is 1000 g/mol. The minimum Gasteiger partial charge on any atom is -0.497 e. The molecule has 0 aliphatic heterocycles. The Labute approximate surface area is 426 Å². The van der Waals surface area contributed by atoms with E-state index in [1.54, 1.807) is 133 Å². The number of carbonyl (C=O) groups excluding carboxylic acids is 3. The predicted molar refractivity (Wildman–Crippen MR) is 244 cm³/mol. The maximum absolute atomic E-state index is 11.9. The van der Waals surface area contributed by atoms with Crippen LogP contribution in [-0.2, 0) is 0 Å². The van der Waals surface area contributed by atoms with Gasteiger partial charge in [0.25, 0.3) is 17.7 Å². The van der Waals surface area contributed by atoms with E-state index >= 15 is 0 Å². The molecule has 3 aromatic carbocycles. The fourth-order valence-electron chi connectivity index (χ4n) is 5.87. The third-order valence-corrected chi connectivity index (χ3v) is 9.11. The van der Waals surface area contributed by atoms with Crippen molar-refractivity contribution in [2.24, 2.45) is 0 Å². The van der Waals surface area contributed by atoms with Crippen LogP contribution in [0.3, 0.4) is 0 Å². The number of carboxylic acids is 3. The Morgan fingerprint density at radius 3 is 0.776 bits per heavy atom. The van der Waals surface area contributed by atoms with Crippen molar-refractivity contribution >= 4 is 35.6 Å². The third kappa shape index (κ3) is 15.8. The topological polar surface area (TPSA) is 266 Å². The van der Waals surface area contributed by atoms with E-state index in [4.69, 9.17) is 29.5 Å². The summed E-state index contributed by atoms with van der Waals surface area (Å²) in [6.07, 6.45) is 0. The molecular formula is C48H48EuN6O12. The molecule has 0 atom stereocenters. The molecule has 6 N–H and O–H groups in total. The van der Waals surface area contributed by atoms with Crippen LogP contribution in [0.2, 0.25) is 0 Å². The number of hydrogen-bond donors (Lipinski definition) is 6. The second kappa shape index (κ2) is 26.8. The number of carboxylic acid groups (broad SMARTS) is 3. The molecule has 0 bridgehead atoms. The van der Waals surface area contributed by atoms with Gasteiger partial charge in [0.05, 0.1) is 21.3 Å². The largest absolute Gasteiger partial charge is 0.497 e. The number of ether oxygens (including phenoxy) is 3. The number of nitrogens with one attached hydrogen (secondary N) is 3. The third-order valence-electron chi connectivity index (χ3n) is 9.11. The Morgan fingerprint density at radius 1 is 0.388 bits per heavy atom. The normalized spacial score (nSPS) is 9.94. The van der Waals surface area contributed by atoms with Crippen molar-refractivity contribution in [1.82, 2.24) is 30.9 Å². The Morgan fingerprint density at radius 2 is 0.597 bits per heavy atom. The fraction of sp³-hybridized carbons (Fsp3) is 0.188. The number of aromatic carboxylic acids is 3. The van der Waals surface area contributed by atoms with E-state index in [-0.39, 0.29) is 83.5 Å². The van der Waals surface area contributed by atoms with Crippen molar-refractivity contribution in [2.75, 3.05) is 41.0 Å². The van der Waals surface area contributed by atoms with Gasteiger partial charge < -0.3 is 45.5 Å². The van der Waals surface area contributed by atoms with Gasteiger partial charge in [0.1, 0.15) is 51.4 Å². The minimum absolute atomic E-state index is 0. The van der Waals surface area contributed by atoms with Crippen molar-refractivity contribution in [3.8, 4) is 50.6 Å². The van der Waals surface area contributed by atoms with Crippen LogP contribution < -0.4 is 30.2 Å². The molecule has 0 fully saturated rings. The maximum atomic E-state index is 11.9. The Hall–Kier alpha value is -7.09. The first-order valence-corrected chi connectivity index (χ1v) is 20.2. The van der Waals surface area contributed by atoms with Crippen LogP contribution in [0.25, 0.3) is 33.4 Å². The number of methoxy groups -OCH3 is 3. The zero-order valence-corrected chi connectivity index (χ0v) is 39.7. The molecule has 1 radical (unpaired) electrons. The zero-order valence-electron chi connectivity index (χ0n) is 37.2. The van der Waals surface area contributed by atoms with Crippen LogP contribution in [0.5, 0.6) is 17.2 Å². The predicted octanol–water partition coefficient (Wildman–Crippen LogP) is 6.62. The van der Waals surface area contributed by atoms with E-state index in [1.165, 1.54) is 18.2 Å². The first-order chi connectivity index (χ1) is 31.6. The number of amides is 3. The van der Waals surface area contributed by atoms with E-state index in [1.807, 2.05) is 0 Å². The van der Waals surface area contributed by atoms with Gasteiger partial charge in [0.2, 0.25) is 0 Å². The Bertz CT molecular complexity index is 2390. The van der Waals surface area contributed by atoms with Gasteiger partial charge in [0.15, 0.2) is 0 Å². The first-order valence-electron chi connectivity index (χ1n) is 20.2. The maximum Gasteiger partial charge on any atom is 0.354 e. The summed E-state index contributed by atoms with van der Waals surface area (Å²) in [7, 11) is 4.70. The molecule has 0 saturated heterocycles. The van der Waals surface area contributed by atoms with Gasteiger partial charge in [-0.25, -0.2) is 29.3 Å². The van der Waals surface area contributed by atoms with E-state index in [0.717, 1.165) is 16.7 Å². The van der Waals surface area contributed by atoms with Gasteiger partial charge in [-0.1, -0.05) is 36.4 Å². The number of pyridine rings is 3. The van der Waals surface area contributed by atoms with Crippen LogP contribution in [0.15, 0.2) is 109 Å². The molecule has 0 aliphatic rings. The Kier molecular flexibility index (Phi) is 21.7. The average Bonchev–Trinajstić information content (AvgIpc) is 3.34. The van der Waals surface area contributed by atoms with Crippen molar-refractivity contribution in [3.05, 3.63) is 143 Å².